The van der Waals surface area contributed by atoms with E-state index in [0.717, 1.165) is 28.5 Å². The Bertz CT molecular complexity index is 1350. The Morgan fingerprint density at radius 1 is 0.944 bits per heavy atom. The molecule has 0 aromatic heterocycles. The SMILES string of the molecule is Cc1ccc(C(N)=NC2=NC(N=C(N)Nc3ccc(C=O)cc3)N(C)C(c3ccc(C)cc3)=N2)cc1. The molecule has 0 aliphatic carbocycles. The smallest absolute Gasteiger partial charge is 0.252 e. The van der Waals surface area contributed by atoms with Crippen molar-refractivity contribution in [1.29, 1.82) is 0 Å². The fraction of sp³-hybridized carbons (Fsp3) is 0.148. The summed E-state index contributed by atoms with van der Waals surface area (Å²) in [5.41, 5.74) is 17.7. The second kappa shape index (κ2) is 10.6. The minimum atomic E-state index is -0.731. The number of hydrogen-bond acceptors (Lipinski definition) is 6. The van der Waals surface area contributed by atoms with E-state index in [1.54, 1.807) is 24.3 Å². The second-order valence-electron chi connectivity index (χ2n) is 8.43. The van der Waals surface area contributed by atoms with E-state index in [-0.39, 0.29) is 11.9 Å². The van der Waals surface area contributed by atoms with E-state index in [1.807, 2.05) is 74.3 Å². The van der Waals surface area contributed by atoms with Gasteiger partial charge in [0, 0.05) is 29.4 Å². The Labute approximate surface area is 210 Å². The summed E-state index contributed by atoms with van der Waals surface area (Å²) in [7, 11) is 1.84. The van der Waals surface area contributed by atoms with E-state index >= 15 is 0 Å². The van der Waals surface area contributed by atoms with Gasteiger partial charge in [0.05, 0.1) is 0 Å². The zero-order valence-corrected chi connectivity index (χ0v) is 20.4. The van der Waals surface area contributed by atoms with Crippen LogP contribution in [0.15, 0.2) is 92.8 Å². The molecular formula is C27H28N8O. The first-order chi connectivity index (χ1) is 17.3. The molecule has 1 aliphatic rings. The van der Waals surface area contributed by atoms with Gasteiger partial charge in [0.2, 0.25) is 6.29 Å². The highest BCUT2D eigenvalue weighted by molar-refractivity contribution is 6.11. The molecule has 5 N–H and O–H groups in total. The van der Waals surface area contributed by atoms with E-state index in [0.29, 0.717) is 22.9 Å². The van der Waals surface area contributed by atoms with Gasteiger partial charge < -0.3 is 21.7 Å². The van der Waals surface area contributed by atoms with E-state index < -0.39 is 6.29 Å². The standard InChI is InChI=1S/C27H28N8O/c1-17-4-10-20(11-5-17)23(28)31-26-32-24(21-12-6-18(2)7-13-21)35(3)27(34-26)33-25(29)30-22-14-8-19(16-36)9-15-22/h4-16,27H,1-3H3,(H2,28,31,34)(H3,29,30,33). The summed E-state index contributed by atoms with van der Waals surface area (Å²) >= 11 is 0. The molecule has 0 spiro atoms. The quantitative estimate of drug-likeness (QED) is 0.293. The maximum absolute atomic E-state index is 10.9. The van der Waals surface area contributed by atoms with Crippen molar-refractivity contribution in [3.63, 3.8) is 0 Å². The van der Waals surface area contributed by atoms with Crippen LogP contribution in [0, 0.1) is 13.8 Å². The molecule has 0 amide bonds. The molecule has 1 unspecified atom stereocenters. The van der Waals surface area contributed by atoms with Gasteiger partial charge in [0.25, 0.3) is 5.96 Å². The summed E-state index contributed by atoms with van der Waals surface area (Å²) in [6, 6.07) is 22.6. The lowest BCUT2D eigenvalue weighted by molar-refractivity contribution is 0.112. The zero-order valence-electron chi connectivity index (χ0n) is 20.4. The summed E-state index contributed by atoms with van der Waals surface area (Å²) in [5, 5.41) is 3.03. The zero-order chi connectivity index (χ0) is 25.7. The number of nitrogens with zero attached hydrogens (tertiary/aromatic N) is 5. The van der Waals surface area contributed by atoms with Gasteiger partial charge in [0.15, 0.2) is 5.96 Å². The number of carbonyl (C=O) groups is 1. The Morgan fingerprint density at radius 2 is 1.56 bits per heavy atom. The van der Waals surface area contributed by atoms with Gasteiger partial charge in [-0.2, -0.15) is 9.98 Å². The average Bonchev–Trinajstić information content (AvgIpc) is 2.87. The first-order valence-electron chi connectivity index (χ1n) is 11.4. The normalized spacial score (nSPS) is 16.3. The maximum Gasteiger partial charge on any atom is 0.252 e. The first kappa shape index (κ1) is 24.3. The predicted octanol–water partition coefficient (Wildman–Crippen LogP) is 3.28. The molecule has 3 aromatic carbocycles. The third-order valence-corrected chi connectivity index (χ3v) is 5.57. The highest BCUT2D eigenvalue weighted by atomic mass is 16.1. The molecule has 0 saturated carbocycles. The minimum Gasteiger partial charge on any atom is -0.383 e. The van der Waals surface area contributed by atoms with E-state index in [4.69, 9.17) is 11.5 Å². The van der Waals surface area contributed by atoms with Crippen molar-refractivity contribution in [3.8, 4) is 0 Å². The van der Waals surface area contributed by atoms with Crippen molar-refractivity contribution < 1.29 is 4.79 Å². The van der Waals surface area contributed by atoms with Crippen LogP contribution in [0.4, 0.5) is 5.69 Å². The lowest BCUT2D eigenvalue weighted by atomic mass is 10.1. The van der Waals surface area contributed by atoms with E-state index in [1.165, 1.54) is 0 Å². The van der Waals surface area contributed by atoms with Crippen LogP contribution in [0.5, 0.6) is 0 Å². The summed E-state index contributed by atoms with van der Waals surface area (Å²) in [5.74, 6) is 1.28. The molecule has 1 aliphatic heterocycles. The molecule has 9 heteroatoms. The molecule has 182 valence electrons. The van der Waals surface area contributed by atoms with Crippen LogP contribution >= 0.6 is 0 Å². The van der Waals surface area contributed by atoms with Crippen LogP contribution in [0.1, 0.15) is 32.6 Å². The lowest BCUT2D eigenvalue weighted by Gasteiger charge is -2.29. The second-order valence-corrected chi connectivity index (χ2v) is 8.43. The number of guanidine groups is 2. The number of hydrogen-bond donors (Lipinski definition) is 3. The van der Waals surface area contributed by atoms with Crippen LogP contribution in [-0.4, -0.2) is 48.1 Å². The average molecular weight is 481 g/mol. The molecule has 0 saturated heterocycles. The molecule has 1 atom stereocenters. The summed E-state index contributed by atoms with van der Waals surface area (Å²) in [6.45, 7) is 4.03. The van der Waals surface area contributed by atoms with Crippen LogP contribution in [0.3, 0.4) is 0 Å². The number of anilines is 1. The topological polar surface area (TPSA) is 134 Å². The van der Waals surface area contributed by atoms with Crippen LogP contribution in [0.2, 0.25) is 0 Å². The molecule has 0 fully saturated rings. The molecule has 1 heterocycles. The molecule has 36 heavy (non-hydrogen) atoms. The van der Waals surface area contributed by atoms with Gasteiger partial charge in [-0.15, -0.1) is 0 Å². The predicted molar refractivity (Wildman–Crippen MR) is 146 cm³/mol. The van der Waals surface area contributed by atoms with Crippen molar-refractivity contribution in [2.45, 2.75) is 20.1 Å². The highest BCUT2D eigenvalue weighted by Gasteiger charge is 2.25. The van der Waals surface area contributed by atoms with Gasteiger partial charge in [0.1, 0.15) is 18.0 Å². The molecule has 4 rings (SSSR count). The third-order valence-electron chi connectivity index (χ3n) is 5.57. The molecule has 0 bridgehead atoms. The van der Waals surface area contributed by atoms with Gasteiger partial charge in [-0.05, 0) is 38.1 Å². The number of carbonyl (C=O) groups excluding carboxylic acids is 1. The Balaban J connectivity index is 1.68. The largest absolute Gasteiger partial charge is 0.383 e. The summed E-state index contributed by atoms with van der Waals surface area (Å²) < 4.78 is 0. The number of nitrogens with one attached hydrogen (secondary N) is 1. The monoisotopic (exact) mass is 480 g/mol. The summed E-state index contributed by atoms with van der Waals surface area (Å²) in [4.78, 5) is 31.0. The number of benzene rings is 3. The molecular weight excluding hydrogens is 452 g/mol. The first-order valence-corrected chi connectivity index (χ1v) is 11.4. The van der Waals surface area contributed by atoms with E-state index in [2.05, 4.69) is 25.3 Å². The fourth-order valence-electron chi connectivity index (χ4n) is 3.49. The Hall–Kier alpha value is -4.79. The number of nitrogens with two attached hydrogens (primary N) is 2. The van der Waals surface area contributed by atoms with Gasteiger partial charge in [-0.25, -0.2) is 9.98 Å². The van der Waals surface area contributed by atoms with Gasteiger partial charge in [-0.3, -0.25) is 4.79 Å². The number of aldehydes is 1. The van der Waals surface area contributed by atoms with Crippen LogP contribution in [0.25, 0.3) is 0 Å². The van der Waals surface area contributed by atoms with Gasteiger partial charge >= 0.3 is 0 Å². The van der Waals surface area contributed by atoms with Crippen LogP contribution in [-0.2, 0) is 0 Å². The molecule has 3 aromatic rings. The number of amidine groups is 2. The highest BCUT2D eigenvalue weighted by Crippen LogP contribution is 2.17. The maximum atomic E-state index is 10.9. The van der Waals surface area contributed by atoms with E-state index in [9.17, 15) is 4.79 Å². The Morgan fingerprint density at radius 3 is 2.17 bits per heavy atom. The third kappa shape index (κ3) is 5.82. The number of rotatable bonds is 5. The summed E-state index contributed by atoms with van der Waals surface area (Å²) in [6.07, 6.45) is 0.0496. The lowest BCUT2D eigenvalue weighted by Crippen LogP contribution is -2.41. The Kier molecular flexibility index (Phi) is 7.20. The van der Waals surface area contributed by atoms with Crippen molar-refractivity contribution in [2.24, 2.45) is 31.4 Å². The fourth-order valence-corrected chi connectivity index (χ4v) is 3.49. The number of aliphatic imine (C=N–C) groups is 4. The van der Waals surface area contributed by atoms with Crippen molar-refractivity contribution in [1.82, 2.24) is 4.90 Å². The van der Waals surface area contributed by atoms with Gasteiger partial charge in [-0.1, -0.05) is 59.7 Å². The van der Waals surface area contributed by atoms with Crippen LogP contribution < -0.4 is 16.8 Å². The minimum absolute atomic E-state index is 0.148. The molecule has 0 radical (unpaired) electrons. The van der Waals surface area contributed by atoms with Crippen molar-refractivity contribution in [2.75, 3.05) is 12.4 Å². The van der Waals surface area contributed by atoms with Crippen molar-refractivity contribution >= 4 is 35.6 Å². The molecule has 9 nitrogen and oxygen atoms in total. The van der Waals surface area contributed by atoms with Crippen molar-refractivity contribution in [3.05, 3.63) is 101 Å². The number of aryl methyl sites for hydroxylation is 2.